The van der Waals surface area contributed by atoms with Gasteiger partial charge in [0.25, 0.3) is 0 Å². The van der Waals surface area contributed by atoms with Crippen molar-refractivity contribution in [3.8, 4) is 5.88 Å². The van der Waals surface area contributed by atoms with Crippen LogP contribution in [0.25, 0.3) is 10.8 Å². The summed E-state index contributed by atoms with van der Waals surface area (Å²) in [5, 5.41) is 13.5. The van der Waals surface area contributed by atoms with Crippen molar-refractivity contribution in [1.82, 2.24) is 9.88 Å². The minimum atomic E-state index is -4.50. The second kappa shape index (κ2) is 4.14. The number of halogens is 4. The van der Waals surface area contributed by atoms with Crippen molar-refractivity contribution in [3.63, 3.8) is 0 Å². The Balaban J connectivity index is 2.43. The number of nitrogens with zero attached hydrogens (tertiary/aromatic N) is 1. The SMILES string of the molecule is Oc1c2c(C(F)(F)F)cc(Br)cc2c2n1CCNC2. The van der Waals surface area contributed by atoms with Gasteiger partial charge in [-0.1, -0.05) is 15.9 Å². The molecule has 0 unspecified atom stereocenters. The van der Waals surface area contributed by atoms with Crippen LogP contribution in [-0.4, -0.2) is 16.2 Å². The Bertz CT molecular complexity index is 663. The molecule has 0 atom stereocenters. The third-order valence-electron chi connectivity index (χ3n) is 3.33. The second-order valence-electron chi connectivity index (χ2n) is 4.47. The maximum absolute atomic E-state index is 13.1. The lowest BCUT2D eigenvalue weighted by atomic mass is 10.1. The van der Waals surface area contributed by atoms with Gasteiger partial charge in [0, 0.05) is 35.2 Å². The molecule has 3 rings (SSSR count). The Labute approximate surface area is 115 Å². The first-order chi connectivity index (χ1) is 8.89. The van der Waals surface area contributed by atoms with Gasteiger partial charge in [0.15, 0.2) is 5.88 Å². The van der Waals surface area contributed by atoms with Gasteiger partial charge in [0.1, 0.15) is 0 Å². The van der Waals surface area contributed by atoms with Crippen LogP contribution in [0.3, 0.4) is 0 Å². The van der Waals surface area contributed by atoms with E-state index >= 15 is 0 Å². The molecule has 0 bridgehead atoms. The van der Waals surface area contributed by atoms with Crippen LogP contribution in [0.2, 0.25) is 0 Å². The fourth-order valence-electron chi connectivity index (χ4n) is 2.54. The predicted octanol–water partition coefficient (Wildman–Crippen LogP) is 3.23. The monoisotopic (exact) mass is 334 g/mol. The molecular weight excluding hydrogens is 325 g/mol. The number of hydrogen-bond donors (Lipinski definition) is 2. The van der Waals surface area contributed by atoms with Crippen molar-refractivity contribution in [2.45, 2.75) is 19.3 Å². The fraction of sp³-hybridized carbons (Fsp3) is 0.333. The number of rotatable bonds is 0. The Kier molecular flexibility index (Phi) is 2.79. The molecule has 0 saturated carbocycles. The molecule has 1 aliphatic rings. The van der Waals surface area contributed by atoms with E-state index in [1.54, 1.807) is 10.6 Å². The summed E-state index contributed by atoms with van der Waals surface area (Å²) in [5.41, 5.74) is -0.123. The minimum absolute atomic E-state index is 0.116. The molecule has 0 saturated heterocycles. The lowest BCUT2D eigenvalue weighted by Crippen LogP contribution is -2.27. The summed E-state index contributed by atoms with van der Waals surface area (Å²) in [5.74, 6) is -0.300. The van der Waals surface area contributed by atoms with Crippen LogP contribution in [0.15, 0.2) is 16.6 Å². The van der Waals surface area contributed by atoms with E-state index in [9.17, 15) is 18.3 Å². The molecule has 1 aromatic carbocycles. The zero-order chi connectivity index (χ0) is 13.8. The van der Waals surface area contributed by atoms with Gasteiger partial charge in [-0.25, -0.2) is 0 Å². The quantitative estimate of drug-likeness (QED) is 0.776. The van der Waals surface area contributed by atoms with E-state index in [0.717, 1.165) is 6.07 Å². The highest BCUT2D eigenvalue weighted by Gasteiger charge is 2.36. The van der Waals surface area contributed by atoms with Crippen molar-refractivity contribution in [1.29, 1.82) is 0 Å². The van der Waals surface area contributed by atoms with Gasteiger partial charge in [-0.2, -0.15) is 13.2 Å². The molecule has 102 valence electrons. The minimum Gasteiger partial charge on any atom is -0.494 e. The summed E-state index contributed by atoms with van der Waals surface area (Å²) >= 11 is 3.10. The van der Waals surface area contributed by atoms with Gasteiger partial charge < -0.3 is 15.0 Å². The largest absolute Gasteiger partial charge is 0.494 e. The molecule has 1 aliphatic heterocycles. The molecule has 2 heterocycles. The first kappa shape index (κ1) is 12.8. The summed E-state index contributed by atoms with van der Waals surface area (Å²) in [6, 6.07) is 2.62. The molecule has 0 radical (unpaired) electrons. The highest BCUT2D eigenvalue weighted by atomic mass is 79.9. The van der Waals surface area contributed by atoms with Crippen LogP contribution in [0.4, 0.5) is 13.2 Å². The van der Waals surface area contributed by atoms with Crippen LogP contribution in [-0.2, 0) is 19.3 Å². The number of fused-ring (bicyclic) bond motifs is 3. The van der Waals surface area contributed by atoms with Crippen LogP contribution in [0.1, 0.15) is 11.3 Å². The Morgan fingerprint density at radius 2 is 2.05 bits per heavy atom. The van der Waals surface area contributed by atoms with Crippen molar-refractivity contribution in [2.24, 2.45) is 0 Å². The normalized spacial score (nSPS) is 15.8. The zero-order valence-electron chi connectivity index (χ0n) is 9.68. The molecule has 19 heavy (non-hydrogen) atoms. The smallest absolute Gasteiger partial charge is 0.417 e. The maximum Gasteiger partial charge on any atom is 0.417 e. The zero-order valence-corrected chi connectivity index (χ0v) is 11.3. The van der Waals surface area contributed by atoms with Crippen molar-refractivity contribution < 1.29 is 18.3 Å². The second-order valence-corrected chi connectivity index (χ2v) is 5.39. The van der Waals surface area contributed by atoms with E-state index in [1.165, 1.54) is 0 Å². The third kappa shape index (κ3) is 1.92. The van der Waals surface area contributed by atoms with Gasteiger partial charge in [-0.05, 0) is 12.1 Å². The van der Waals surface area contributed by atoms with E-state index < -0.39 is 11.7 Å². The summed E-state index contributed by atoms with van der Waals surface area (Å²) in [6.45, 7) is 1.54. The molecule has 0 fully saturated rings. The number of benzene rings is 1. The van der Waals surface area contributed by atoms with E-state index in [2.05, 4.69) is 21.2 Å². The molecular formula is C12H10BrF3N2O. The number of aromatic hydroxyl groups is 1. The molecule has 2 N–H and O–H groups in total. The number of aromatic nitrogens is 1. The summed E-state index contributed by atoms with van der Waals surface area (Å²) < 4.78 is 41.2. The Morgan fingerprint density at radius 3 is 2.74 bits per heavy atom. The van der Waals surface area contributed by atoms with Crippen LogP contribution >= 0.6 is 15.9 Å². The summed E-state index contributed by atoms with van der Waals surface area (Å²) in [4.78, 5) is 0. The predicted molar refractivity (Wildman–Crippen MR) is 68.0 cm³/mol. The average Bonchev–Trinajstić information content (AvgIpc) is 2.62. The standard InChI is InChI=1S/C12H10BrF3N2O/c13-6-3-7-9-5-17-1-2-18(9)11(19)10(7)8(4-6)12(14,15)16/h3-4,17,19H,1-2,5H2. The maximum atomic E-state index is 13.1. The fourth-order valence-corrected chi connectivity index (χ4v) is 2.99. The highest BCUT2D eigenvalue weighted by Crippen LogP contribution is 2.43. The molecule has 1 aromatic heterocycles. The van der Waals surface area contributed by atoms with Crippen molar-refractivity contribution in [3.05, 3.63) is 27.9 Å². The average molecular weight is 335 g/mol. The Morgan fingerprint density at radius 1 is 1.32 bits per heavy atom. The van der Waals surface area contributed by atoms with Gasteiger partial charge >= 0.3 is 6.18 Å². The summed E-state index contributed by atoms with van der Waals surface area (Å²) in [6.07, 6.45) is -4.50. The van der Waals surface area contributed by atoms with Gasteiger partial charge in [-0.3, -0.25) is 0 Å². The lowest BCUT2D eigenvalue weighted by Gasteiger charge is -2.17. The molecule has 0 amide bonds. The first-order valence-corrected chi connectivity index (χ1v) is 6.50. The van der Waals surface area contributed by atoms with E-state index in [1.807, 2.05) is 0 Å². The third-order valence-corrected chi connectivity index (χ3v) is 3.79. The summed E-state index contributed by atoms with van der Waals surface area (Å²) in [7, 11) is 0. The van der Waals surface area contributed by atoms with E-state index in [-0.39, 0.29) is 11.3 Å². The molecule has 2 aromatic rings. The Hall–Kier alpha value is -1.21. The lowest BCUT2D eigenvalue weighted by molar-refractivity contribution is -0.136. The first-order valence-electron chi connectivity index (χ1n) is 5.71. The van der Waals surface area contributed by atoms with Crippen molar-refractivity contribution in [2.75, 3.05) is 6.54 Å². The highest BCUT2D eigenvalue weighted by molar-refractivity contribution is 9.10. The van der Waals surface area contributed by atoms with Crippen molar-refractivity contribution >= 4 is 26.7 Å². The topological polar surface area (TPSA) is 37.2 Å². The van der Waals surface area contributed by atoms with Gasteiger partial charge in [0.2, 0.25) is 0 Å². The van der Waals surface area contributed by atoms with Gasteiger partial charge in [0.05, 0.1) is 10.9 Å². The van der Waals surface area contributed by atoms with Crippen LogP contribution in [0.5, 0.6) is 5.88 Å². The van der Waals surface area contributed by atoms with E-state index in [4.69, 9.17) is 0 Å². The number of alkyl halides is 3. The van der Waals surface area contributed by atoms with E-state index in [0.29, 0.717) is 35.2 Å². The van der Waals surface area contributed by atoms with Gasteiger partial charge in [-0.15, -0.1) is 0 Å². The molecule has 7 heteroatoms. The number of nitrogens with one attached hydrogen (secondary N) is 1. The molecule has 0 spiro atoms. The molecule has 0 aliphatic carbocycles. The van der Waals surface area contributed by atoms with Crippen LogP contribution < -0.4 is 5.32 Å². The number of hydrogen-bond acceptors (Lipinski definition) is 2. The molecule has 3 nitrogen and oxygen atoms in total. The van der Waals surface area contributed by atoms with Crippen LogP contribution in [0, 0.1) is 0 Å².